The lowest BCUT2D eigenvalue weighted by molar-refractivity contribution is -0.145. The van der Waals surface area contributed by atoms with Crippen LogP contribution in [0.15, 0.2) is 0 Å². The summed E-state index contributed by atoms with van der Waals surface area (Å²) in [5.41, 5.74) is 0. The van der Waals surface area contributed by atoms with Crippen molar-refractivity contribution in [3.05, 3.63) is 0 Å². The number of hydrogen-bond acceptors (Lipinski definition) is 5. The summed E-state index contributed by atoms with van der Waals surface area (Å²) in [6.45, 7) is 3.27. The van der Waals surface area contributed by atoms with E-state index in [9.17, 15) is 15.0 Å². The lowest BCUT2D eigenvalue weighted by Crippen LogP contribution is -2.32. The van der Waals surface area contributed by atoms with E-state index in [1.807, 2.05) is 0 Å². The minimum absolute atomic E-state index is 0.0358. The largest absolute Gasteiger partial charge is 0.466 e. The molecular formula is C12H23NO4. The zero-order valence-electron chi connectivity index (χ0n) is 10.4. The Morgan fingerprint density at radius 2 is 2.29 bits per heavy atom. The standard InChI is InChI=1S/C12H23NO4/c1-2-17-12(16)6-11(15)8-13-7-9-3-4-10(14)5-9/h9-11,13-15H,2-8H2,1H3. The Morgan fingerprint density at radius 1 is 1.53 bits per heavy atom. The van der Waals surface area contributed by atoms with Crippen molar-refractivity contribution in [3.63, 3.8) is 0 Å². The number of carbonyl (C=O) groups excluding carboxylic acids is 1. The van der Waals surface area contributed by atoms with E-state index in [0.29, 0.717) is 19.1 Å². The number of aliphatic hydroxyl groups excluding tert-OH is 2. The SMILES string of the molecule is CCOC(=O)CC(O)CNCC1CCC(O)C1. The van der Waals surface area contributed by atoms with Crippen LogP contribution in [0.3, 0.4) is 0 Å². The normalized spacial score (nSPS) is 25.8. The van der Waals surface area contributed by atoms with Gasteiger partial charge in [-0.2, -0.15) is 0 Å². The van der Waals surface area contributed by atoms with Crippen molar-refractivity contribution in [2.75, 3.05) is 19.7 Å². The highest BCUT2D eigenvalue weighted by molar-refractivity contribution is 5.69. The van der Waals surface area contributed by atoms with E-state index in [1.54, 1.807) is 6.92 Å². The van der Waals surface area contributed by atoms with Crippen molar-refractivity contribution >= 4 is 5.97 Å². The first kappa shape index (κ1) is 14.4. The molecule has 0 aromatic heterocycles. The van der Waals surface area contributed by atoms with E-state index < -0.39 is 6.10 Å². The number of nitrogens with one attached hydrogen (secondary N) is 1. The fourth-order valence-corrected chi connectivity index (χ4v) is 2.17. The van der Waals surface area contributed by atoms with E-state index in [-0.39, 0.29) is 18.5 Å². The molecule has 0 aromatic carbocycles. The summed E-state index contributed by atoms with van der Waals surface area (Å²) in [6, 6.07) is 0. The minimum atomic E-state index is -0.694. The van der Waals surface area contributed by atoms with Crippen LogP contribution in [0, 0.1) is 5.92 Å². The molecule has 0 saturated heterocycles. The molecule has 0 bridgehead atoms. The molecule has 17 heavy (non-hydrogen) atoms. The number of hydrogen-bond donors (Lipinski definition) is 3. The van der Waals surface area contributed by atoms with Crippen molar-refractivity contribution in [1.82, 2.24) is 5.32 Å². The number of aliphatic hydroxyl groups is 2. The Hall–Kier alpha value is -0.650. The zero-order chi connectivity index (χ0) is 12.7. The van der Waals surface area contributed by atoms with Crippen LogP contribution < -0.4 is 5.32 Å². The Bertz CT molecular complexity index is 235. The van der Waals surface area contributed by atoms with Gasteiger partial charge in [0.25, 0.3) is 0 Å². The highest BCUT2D eigenvalue weighted by Crippen LogP contribution is 2.24. The van der Waals surface area contributed by atoms with E-state index in [1.165, 1.54) is 0 Å². The van der Waals surface area contributed by atoms with Crippen molar-refractivity contribution < 1.29 is 19.7 Å². The average Bonchev–Trinajstić information content (AvgIpc) is 2.64. The van der Waals surface area contributed by atoms with Gasteiger partial charge in [0.1, 0.15) is 0 Å². The molecule has 1 fully saturated rings. The third kappa shape index (κ3) is 6.00. The van der Waals surface area contributed by atoms with Crippen LogP contribution in [0.5, 0.6) is 0 Å². The molecule has 5 heteroatoms. The van der Waals surface area contributed by atoms with Gasteiger partial charge < -0.3 is 20.3 Å². The smallest absolute Gasteiger partial charge is 0.308 e. The number of ether oxygens (including phenoxy) is 1. The molecule has 0 heterocycles. The van der Waals surface area contributed by atoms with Gasteiger partial charge in [-0.15, -0.1) is 0 Å². The molecule has 1 aliphatic carbocycles. The van der Waals surface area contributed by atoms with E-state index in [2.05, 4.69) is 5.32 Å². The fraction of sp³-hybridized carbons (Fsp3) is 0.917. The topological polar surface area (TPSA) is 78.8 Å². The third-order valence-corrected chi connectivity index (χ3v) is 3.03. The quantitative estimate of drug-likeness (QED) is 0.552. The second-order valence-corrected chi connectivity index (χ2v) is 4.65. The van der Waals surface area contributed by atoms with Crippen LogP contribution in [0.4, 0.5) is 0 Å². The van der Waals surface area contributed by atoms with Crippen LogP contribution in [-0.2, 0) is 9.53 Å². The van der Waals surface area contributed by atoms with Crippen molar-refractivity contribution in [1.29, 1.82) is 0 Å². The van der Waals surface area contributed by atoms with Crippen molar-refractivity contribution in [2.24, 2.45) is 5.92 Å². The second-order valence-electron chi connectivity index (χ2n) is 4.65. The van der Waals surface area contributed by atoms with Gasteiger partial charge in [-0.1, -0.05) is 0 Å². The molecule has 100 valence electrons. The lowest BCUT2D eigenvalue weighted by Gasteiger charge is -2.14. The Labute approximate surface area is 102 Å². The summed E-state index contributed by atoms with van der Waals surface area (Å²) in [7, 11) is 0. The molecule has 1 saturated carbocycles. The molecule has 0 radical (unpaired) electrons. The summed E-state index contributed by atoms with van der Waals surface area (Å²) in [5, 5.41) is 22.0. The van der Waals surface area contributed by atoms with E-state index in [0.717, 1.165) is 25.8 Å². The highest BCUT2D eigenvalue weighted by Gasteiger charge is 2.22. The second kappa shape index (κ2) is 7.63. The average molecular weight is 245 g/mol. The molecule has 3 N–H and O–H groups in total. The van der Waals surface area contributed by atoms with Crippen LogP contribution in [0.25, 0.3) is 0 Å². The Morgan fingerprint density at radius 3 is 2.88 bits per heavy atom. The van der Waals surface area contributed by atoms with Gasteiger partial charge in [-0.25, -0.2) is 0 Å². The van der Waals surface area contributed by atoms with Crippen molar-refractivity contribution in [2.45, 2.75) is 44.8 Å². The lowest BCUT2D eigenvalue weighted by atomic mass is 10.1. The molecule has 0 spiro atoms. The number of esters is 1. The molecule has 3 atom stereocenters. The molecular weight excluding hydrogens is 222 g/mol. The van der Waals surface area contributed by atoms with Gasteiger partial charge in [0.15, 0.2) is 0 Å². The summed E-state index contributed by atoms with van der Waals surface area (Å²) < 4.78 is 4.75. The maximum atomic E-state index is 11.1. The first-order valence-electron chi connectivity index (χ1n) is 6.34. The van der Waals surface area contributed by atoms with Gasteiger partial charge in [0, 0.05) is 6.54 Å². The third-order valence-electron chi connectivity index (χ3n) is 3.03. The first-order valence-corrected chi connectivity index (χ1v) is 6.34. The first-order chi connectivity index (χ1) is 8.11. The van der Waals surface area contributed by atoms with Gasteiger partial charge in [-0.3, -0.25) is 4.79 Å². The Balaban J connectivity index is 2.03. The molecule has 0 aromatic rings. The summed E-state index contributed by atoms with van der Waals surface area (Å²) in [6.07, 6.45) is 1.92. The van der Waals surface area contributed by atoms with Crippen LogP contribution in [-0.4, -0.2) is 48.1 Å². The number of rotatable bonds is 7. The summed E-state index contributed by atoms with van der Waals surface area (Å²) in [4.78, 5) is 11.1. The number of carbonyl (C=O) groups is 1. The zero-order valence-corrected chi connectivity index (χ0v) is 10.4. The van der Waals surface area contributed by atoms with Gasteiger partial charge in [-0.05, 0) is 38.6 Å². The maximum absolute atomic E-state index is 11.1. The van der Waals surface area contributed by atoms with Gasteiger partial charge >= 0.3 is 5.97 Å². The van der Waals surface area contributed by atoms with Gasteiger partial charge in [0.2, 0.25) is 0 Å². The minimum Gasteiger partial charge on any atom is -0.466 e. The highest BCUT2D eigenvalue weighted by atomic mass is 16.5. The van der Waals surface area contributed by atoms with Crippen molar-refractivity contribution in [3.8, 4) is 0 Å². The molecule has 1 rings (SSSR count). The fourth-order valence-electron chi connectivity index (χ4n) is 2.17. The van der Waals surface area contributed by atoms with Crippen LogP contribution in [0.2, 0.25) is 0 Å². The molecule has 5 nitrogen and oxygen atoms in total. The van der Waals surface area contributed by atoms with E-state index >= 15 is 0 Å². The van der Waals surface area contributed by atoms with Crippen LogP contribution >= 0.6 is 0 Å². The summed E-state index contributed by atoms with van der Waals surface area (Å²) in [5.74, 6) is 0.123. The van der Waals surface area contributed by atoms with Gasteiger partial charge in [0.05, 0.1) is 25.2 Å². The molecule has 3 unspecified atom stereocenters. The summed E-state index contributed by atoms with van der Waals surface area (Å²) >= 11 is 0. The van der Waals surface area contributed by atoms with E-state index in [4.69, 9.17) is 4.74 Å². The maximum Gasteiger partial charge on any atom is 0.308 e. The predicted octanol–water partition coefficient (Wildman–Crippen LogP) is 0.0511. The Kier molecular flexibility index (Phi) is 6.47. The molecule has 0 amide bonds. The molecule has 1 aliphatic rings. The van der Waals surface area contributed by atoms with Crippen LogP contribution in [0.1, 0.15) is 32.6 Å². The predicted molar refractivity (Wildman–Crippen MR) is 63.5 cm³/mol. The monoisotopic (exact) mass is 245 g/mol. The molecule has 0 aliphatic heterocycles.